The van der Waals surface area contributed by atoms with Crippen molar-refractivity contribution in [3.63, 3.8) is 0 Å². The molecule has 0 spiro atoms. The molecule has 0 saturated carbocycles. The largest absolute Gasteiger partial charge is 0.0991 e. The molecular formula is C67H48. The van der Waals surface area contributed by atoms with E-state index in [1.54, 1.807) is 0 Å². The Morgan fingerprint density at radius 1 is 0.388 bits per heavy atom. The molecular weight excluding hydrogens is 805 g/mol. The highest BCUT2D eigenvalue weighted by molar-refractivity contribution is 6.28. The third-order valence-corrected chi connectivity index (χ3v) is 14.9. The Balaban J connectivity index is 0.000000300. The molecule has 1 aliphatic carbocycles. The molecule has 316 valence electrons. The Bertz CT molecular complexity index is 3780. The van der Waals surface area contributed by atoms with Crippen LogP contribution in [-0.4, -0.2) is 0 Å². The van der Waals surface area contributed by atoms with Crippen LogP contribution in [0.5, 0.6) is 0 Å². The predicted octanol–water partition coefficient (Wildman–Crippen LogP) is 19.4. The molecule has 13 aromatic rings. The van der Waals surface area contributed by atoms with Crippen LogP contribution >= 0.6 is 0 Å². The Labute approximate surface area is 391 Å². The summed E-state index contributed by atoms with van der Waals surface area (Å²) in [6, 6.07) is 68.9. The van der Waals surface area contributed by atoms with Crippen LogP contribution in [0.2, 0.25) is 0 Å². The van der Waals surface area contributed by atoms with E-state index in [0.29, 0.717) is 0 Å². The van der Waals surface area contributed by atoms with Gasteiger partial charge in [-0.15, -0.1) is 0 Å². The highest BCUT2D eigenvalue weighted by Crippen LogP contribution is 2.46. The Kier molecular flexibility index (Phi) is 8.80. The highest BCUT2D eigenvalue weighted by Gasteiger charge is 2.24. The second kappa shape index (κ2) is 15.0. The van der Waals surface area contributed by atoms with Crippen LogP contribution in [0.15, 0.2) is 230 Å². The lowest BCUT2D eigenvalue weighted by molar-refractivity contribution is 0.447. The predicted molar refractivity (Wildman–Crippen MR) is 293 cm³/mol. The molecule has 0 nitrogen and oxygen atoms in total. The van der Waals surface area contributed by atoms with Crippen molar-refractivity contribution in [1.29, 1.82) is 0 Å². The van der Waals surface area contributed by atoms with Crippen molar-refractivity contribution in [1.82, 2.24) is 0 Å². The molecule has 14 rings (SSSR count). The van der Waals surface area contributed by atoms with E-state index in [1.807, 2.05) is 12.2 Å². The van der Waals surface area contributed by atoms with Crippen molar-refractivity contribution < 1.29 is 0 Å². The first-order valence-corrected chi connectivity index (χ1v) is 23.6. The molecule has 0 bridgehead atoms. The average molecular weight is 853 g/mol. The van der Waals surface area contributed by atoms with Crippen molar-refractivity contribution in [3.05, 3.63) is 230 Å². The van der Waals surface area contributed by atoms with Gasteiger partial charge in [0.1, 0.15) is 0 Å². The first-order chi connectivity index (χ1) is 32.8. The van der Waals surface area contributed by atoms with Crippen LogP contribution in [0.25, 0.3) is 130 Å². The minimum Gasteiger partial charge on any atom is -0.0991 e. The van der Waals surface area contributed by atoms with Gasteiger partial charge in [0.2, 0.25) is 0 Å². The van der Waals surface area contributed by atoms with E-state index in [9.17, 15) is 0 Å². The lowest BCUT2D eigenvalue weighted by Crippen LogP contribution is -2.16. The van der Waals surface area contributed by atoms with Gasteiger partial charge in [0.05, 0.1) is 0 Å². The monoisotopic (exact) mass is 852 g/mol. The summed E-state index contributed by atoms with van der Waals surface area (Å²) >= 11 is 0. The molecule has 0 aliphatic heterocycles. The van der Waals surface area contributed by atoms with Crippen LogP contribution < -0.4 is 0 Å². The van der Waals surface area contributed by atoms with Crippen LogP contribution in [-0.2, 0) is 0 Å². The zero-order chi connectivity index (χ0) is 45.0. The van der Waals surface area contributed by atoms with E-state index in [4.69, 9.17) is 0 Å². The van der Waals surface area contributed by atoms with E-state index in [2.05, 4.69) is 228 Å². The summed E-state index contributed by atoms with van der Waals surface area (Å²) in [4.78, 5) is 0. The second-order valence-electron chi connectivity index (χ2n) is 19.5. The van der Waals surface area contributed by atoms with Gasteiger partial charge in [0.25, 0.3) is 0 Å². The van der Waals surface area contributed by atoms with Crippen molar-refractivity contribution >= 4 is 97.0 Å². The van der Waals surface area contributed by atoms with Crippen LogP contribution in [0, 0.1) is 5.41 Å². The van der Waals surface area contributed by atoms with Gasteiger partial charge in [0.15, 0.2) is 0 Å². The summed E-state index contributed by atoms with van der Waals surface area (Å²) in [7, 11) is 0. The molecule has 0 N–H and O–H groups in total. The lowest BCUT2D eigenvalue weighted by atomic mass is 9.75. The van der Waals surface area contributed by atoms with Crippen molar-refractivity contribution in [2.75, 3.05) is 0 Å². The second-order valence-corrected chi connectivity index (χ2v) is 19.5. The fraction of sp³-hybridized carbons (Fsp3) is 0.0746. The maximum absolute atomic E-state index is 3.68. The molecule has 0 atom stereocenters. The van der Waals surface area contributed by atoms with E-state index in [0.717, 1.165) is 6.42 Å². The summed E-state index contributed by atoms with van der Waals surface area (Å²) in [6.07, 6.45) is 11.5. The van der Waals surface area contributed by atoms with Gasteiger partial charge in [-0.3, -0.25) is 0 Å². The topological polar surface area (TPSA) is 0 Å². The van der Waals surface area contributed by atoms with Crippen molar-refractivity contribution in [3.8, 4) is 33.4 Å². The lowest BCUT2D eigenvalue weighted by Gasteiger charge is -2.29. The molecule has 0 radical (unpaired) electrons. The van der Waals surface area contributed by atoms with Gasteiger partial charge in [-0.25, -0.2) is 0 Å². The molecule has 13 aromatic carbocycles. The Morgan fingerprint density at radius 2 is 0.701 bits per heavy atom. The number of benzene rings is 13. The van der Waals surface area contributed by atoms with E-state index in [1.165, 1.54) is 141 Å². The third-order valence-electron chi connectivity index (χ3n) is 14.9. The SMILES string of the molecule is C=C/C=C\C1=CC=C(C)CC1(C)C.c1cc2ccc3ccc(-c4cc(-c5ccc6ccc7cccc8ccc5c6c78)cc(-c5ccc6ccc7cccc8ccc5c6c78)c4)c4ccc(c1)c2c34. The van der Waals surface area contributed by atoms with Gasteiger partial charge in [-0.2, -0.15) is 0 Å². The number of hydrogen-bond acceptors (Lipinski definition) is 0. The summed E-state index contributed by atoms with van der Waals surface area (Å²) in [6.45, 7) is 10.4. The van der Waals surface area contributed by atoms with Crippen LogP contribution in [0.1, 0.15) is 27.2 Å². The first kappa shape index (κ1) is 39.3. The van der Waals surface area contributed by atoms with Crippen LogP contribution in [0.3, 0.4) is 0 Å². The zero-order valence-corrected chi connectivity index (χ0v) is 38.1. The van der Waals surface area contributed by atoms with Gasteiger partial charge in [0, 0.05) is 0 Å². The highest BCUT2D eigenvalue weighted by atomic mass is 14.3. The van der Waals surface area contributed by atoms with Crippen molar-refractivity contribution in [2.45, 2.75) is 27.2 Å². The molecule has 0 heterocycles. The minimum absolute atomic E-state index is 0.276. The molecule has 67 heavy (non-hydrogen) atoms. The average Bonchev–Trinajstić information content (AvgIpc) is 3.36. The van der Waals surface area contributed by atoms with Gasteiger partial charge >= 0.3 is 0 Å². The minimum atomic E-state index is 0.276. The molecule has 0 amide bonds. The van der Waals surface area contributed by atoms with E-state index < -0.39 is 0 Å². The quantitative estimate of drug-likeness (QED) is 0.120. The first-order valence-electron chi connectivity index (χ1n) is 23.6. The normalized spacial score (nSPS) is 14.1. The molecule has 1 aliphatic rings. The van der Waals surface area contributed by atoms with Gasteiger partial charge < -0.3 is 0 Å². The van der Waals surface area contributed by atoms with Gasteiger partial charge in [-0.05, 0) is 173 Å². The molecule has 0 unspecified atom stereocenters. The number of allylic oxidation sites excluding steroid dienone is 7. The van der Waals surface area contributed by atoms with E-state index in [-0.39, 0.29) is 5.41 Å². The zero-order valence-electron chi connectivity index (χ0n) is 38.1. The standard InChI is InChI=1S/C54H30.C13H18/c1-4-31-10-13-37-16-22-43(46-25-19-34(7-1)49(31)52(37)46)40-28-41(44-23-17-38-14-11-32-5-2-8-35-20-26-47(44)53(38)50(32)35)30-42(29-40)45-24-18-39-15-12-33-6-3-9-36-21-27-48(45)54(39)51(33)36;1-5-6-7-12-9-8-11(2)10-13(12,3)4/h1-30H;5-9H,1,10H2,2-4H3/b;7-6-. The fourth-order valence-electron chi connectivity index (χ4n) is 11.8. The third kappa shape index (κ3) is 6.20. The van der Waals surface area contributed by atoms with Crippen LogP contribution in [0.4, 0.5) is 0 Å². The fourth-order valence-corrected chi connectivity index (χ4v) is 11.8. The molecule has 0 saturated heterocycles. The maximum atomic E-state index is 3.68. The summed E-state index contributed by atoms with van der Waals surface area (Å²) in [5, 5.41) is 23.6. The van der Waals surface area contributed by atoms with Crippen molar-refractivity contribution in [2.24, 2.45) is 5.41 Å². The maximum Gasteiger partial charge on any atom is -0.00206 e. The number of hydrogen-bond donors (Lipinski definition) is 0. The molecule has 0 fully saturated rings. The summed E-state index contributed by atoms with van der Waals surface area (Å²) in [5.74, 6) is 0. The Morgan fingerprint density at radius 3 is 1.03 bits per heavy atom. The van der Waals surface area contributed by atoms with E-state index >= 15 is 0 Å². The molecule has 0 aromatic heterocycles. The Hall–Kier alpha value is -8.06. The summed E-state index contributed by atoms with van der Waals surface area (Å²) < 4.78 is 0. The number of rotatable bonds is 5. The summed E-state index contributed by atoms with van der Waals surface area (Å²) in [5.41, 5.74) is 10.6. The molecule has 0 heteroatoms. The smallest absolute Gasteiger partial charge is 0.00206 e. The van der Waals surface area contributed by atoms with Gasteiger partial charge in [-0.1, -0.05) is 220 Å².